The zero-order valence-corrected chi connectivity index (χ0v) is 12.8. The Morgan fingerprint density at radius 2 is 2.05 bits per heavy atom. The SMILES string of the molecule is COc1cccc(CN2CC2CC(C#N)c2ccccc2)c1. The van der Waals surface area contributed by atoms with Gasteiger partial charge in [0.25, 0.3) is 0 Å². The van der Waals surface area contributed by atoms with E-state index in [0.29, 0.717) is 6.04 Å². The van der Waals surface area contributed by atoms with Crippen LogP contribution in [-0.4, -0.2) is 24.6 Å². The number of methoxy groups -OCH3 is 1. The van der Waals surface area contributed by atoms with Gasteiger partial charge in [0.1, 0.15) is 5.75 Å². The summed E-state index contributed by atoms with van der Waals surface area (Å²) < 4.78 is 5.26. The van der Waals surface area contributed by atoms with Gasteiger partial charge in [-0.25, -0.2) is 0 Å². The predicted molar refractivity (Wildman–Crippen MR) is 86.6 cm³/mol. The highest BCUT2D eigenvalue weighted by atomic mass is 16.5. The van der Waals surface area contributed by atoms with Gasteiger partial charge in [-0.05, 0) is 29.7 Å². The molecule has 0 radical (unpaired) electrons. The number of hydrogen-bond donors (Lipinski definition) is 0. The molecule has 0 saturated carbocycles. The lowest BCUT2D eigenvalue weighted by molar-refractivity contribution is 0.412. The minimum absolute atomic E-state index is 0.0125. The van der Waals surface area contributed by atoms with E-state index < -0.39 is 0 Å². The van der Waals surface area contributed by atoms with E-state index in [4.69, 9.17) is 4.74 Å². The first-order chi connectivity index (χ1) is 10.8. The molecular formula is C19H20N2O. The zero-order chi connectivity index (χ0) is 15.4. The minimum Gasteiger partial charge on any atom is -0.497 e. The number of nitriles is 1. The van der Waals surface area contributed by atoms with Crippen molar-refractivity contribution in [2.24, 2.45) is 0 Å². The number of benzene rings is 2. The average Bonchev–Trinajstić information content (AvgIpc) is 3.31. The molecule has 1 aliphatic rings. The maximum atomic E-state index is 9.42. The summed E-state index contributed by atoms with van der Waals surface area (Å²) in [6.45, 7) is 2.00. The minimum atomic E-state index is -0.0125. The van der Waals surface area contributed by atoms with Gasteiger partial charge in [0.2, 0.25) is 0 Å². The van der Waals surface area contributed by atoms with E-state index in [0.717, 1.165) is 30.8 Å². The smallest absolute Gasteiger partial charge is 0.119 e. The lowest BCUT2D eigenvalue weighted by atomic mass is 9.96. The summed E-state index contributed by atoms with van der Waals surface area (Å²) >= 11 is 0. The molecule has 0 aromatic heterocycles. The second kappa shape index (κ2) is 6.64. The van der Waals surface area contributed by atoms with E-state index >= 15 is 0 Å². The largest absolute Gasteiger partial charge is 0.497 e. The fourth-order valence-electron chi connectivity index (χ4n) is 2.87. The van der Waals surface area contributed by atoms with Crippen LogP contribution in [0.4, 0.5) is 0 Å². The third kappa shape index (κ3) is 3.47. The molecule has 0 spiro atoms. The Hall–Kier alpha value is -2.31. The normalized spacial score (nSPS) is 20.9. The Balaban J connectivity index is 1.57. The van der Waals surface area contributed by atoms with Gasteiger partial charge in [0.15, 0.2) is 0 Å². The lowest BCUT2D eigenvalue weighted by Gasteiger charge is -2.10. The van der Waals surface area contributed by atoms with Crippen LogP contribution in [0.3, 0.4) is 0 Å². The maximum absolute atomic E-state index is 9.42. The fourth-order valence-corrected chi connectivity index (χ4v) is 2.87. The van der Waals surface area contributed by atoms with Gasteiger partial charge in [0.05, 0.1) is 19.1 Å². The first-order valence-electron chi connectivity index (χ1n) is 7.61. The predicted octanol–water partition coefficient (Wildman–Crippen LogP) is 3.58. The lowest BCUT2D eigenvalue weighted by Crippen LogP contribution is -2.06. The molecule has 0 amide bonds. The molecular weight excluding hydrogens is 272 g/mol. The van der Waals surface area contributed by atoms with Gasteiger partial charge in [-0.2, -0.15) is 5.26 Å². The van der Waals surface area contributed by atoms with Gasteiger partial charge in [-0.15, -0.1) is 0 Å². The topological polar surface area (TPSA) is 36.0 Å². The Labute approximate surface area is 131 Å². The van der Waals surface area contributed by atoms with Gasteiger partial charge < -0.3 is 4.74 Å². The highest BCUT2D eigenvalue weighted by molar-refractivity contribution is 5.29. The monoisotopic (exact) mass is 292 g/mol. The van der Waals surface area contributed by atoms with Crippen LogP contribution in [0.2, 0.25) is 0 Å². The molecule has 1 heterocycles. The summed E-state index contributed by atoms with van der Waals surface area (Å²) in [6.07, 6.45) is 0.907. The molecule has 2 aromatic carbocycles. The fraction of sp³-hybridized carbons (Fsp3) is 0.316. The maximum Gasteiger partial charge on any atom is 0.119 e. The third-order valence-electron chi connectivity index (χ3n) is 4.21. The van der Waals surface area contributed by atoms with E-state index in [-0.39, 0.29) is 5.92 Å². The standard InChI is InChI=1S/C19H20N2O/c1-22-19-9-5-6-15(10-19)13-21-14-18(21)11-17(12-20)16-7-3-2-4-8-16/h2-10,17-18H,11,13-14H2,1H3. The van der Waals surface area contributed by atoms with E-state index in [1.165, 1.54) is 5.56 Å². The Morgan fingerprint density at radius 1 is 1.23 bits per heavy atom. The quantitative estimate of drug-likeness (QED) is 0.764. The third-order valence-corrected chi connectivity index (χ3v) is 4.21. The van der Waals surface area contributed by atoms with Crippen molar-refractivity contribution in [1.29, 1.82) is 5.26 Å². The number of rotatable bonds is 6. The van der Waals surface area contributed by atoms with E-state index in [1.54, 1.807) is 7.11 Å². The van der Waals surface area contributed by atoms with Crippen LogP contribution < -0.4 is 4.74 Å². The summed E-state index contributed by atoms with van der Waals surface area (Å²) in [5.74, 6) is 0.886. The van der Waals surface area contributed by atoms with Crippen LogP contribution in [0.5, 0.6) is 5.75 Å². The van der Waals surface area contributed by atoms with Crippen molar-refractivity contribution < 1.29 is 4.74 Å². The van der Waals surface area contributed by atoms with Crippen molar-refractivity contribution in [3.05, 3.63) is 65.7 Å². The second-order valence-electron chi connectivity index (χ2n) is 5.76. The molecule has 0 aliphatic carbocycles. The van der Waals surface area contributed by atoms with Crippen LogP contribution in [0.1, 0.15) is 23.5 Å². The molecule has 3 nitrogen and oxygen atoms in total. The molecule has 1 aliphatic heterocycles. The summed E-state index contributed by atoms with van der Waals surface area (Å²) in [7, 11) is 1.69. The van der Waals surface area contributed by atoms with Crippen LogP contribution in [0.25, 0.3) is 0 Å². The molecule has 112 valence electrons. The van der Waals surface area contributed by atoms with E-state index in [1.807, 2.05) is 42.5 Å². The summed E-state index contributed by atoms with van der Waals surface area (Å²) in [4.78, 5) is 2.40. The second-order valence-corrected chi connectivity index (χ2v) is 5.76. The highest BCUT2D eigenvalue weighted by Gasteiger charge is 2.35. The summed E-state index contributed by atoms with van der Waals surface area (Å²) in [6, 6.07) is 21.2. The van der Waals surface area contributed by atoms with E-state index in [2.05, 4.69) is 23.1 Å². The van der Waals surface area contributed by atoms with Crippen LogP contribution >= 0.6 is 0 Å². The van der Waals surface area contributed by atoms with Gasteiger partial charge in [-0.1, -0.05) is 42.5 Å². The van der Waals surface area contributed by atoms with Crippen molar-refractivity contribution in [2.45, 2.75) is 24.9 Å². The zero-order valence-electron chi connectivity index (χ0n) is 12.8. The number of hydrogen-bond acceptors (Lipinski definition) is 3. The molecule has 0 bridgehead atoms. The molecule has 3 atom stereocenters. The van der Waals surface area contributed by atoms with Crippen molar-refractivity contribution >= 4 is 0 Å². The van der Waals surface area contributed by atoms with Crippen LogP contribution in [0.15, 0.2) is 54.6 Å². The first kappa shape index (κ1) is 14.6. The molecule has 3 heteroatoms. The first-order valence-corrected chi connectivity index (χ1v) is 7.61. The van der Waals surface area contributed by atoms with Crippen molar-refractivity contribution in [3.8, 4) is 11.8 Å². The van der Waals surface area contributed by atoms with Crippen molar-refractivity contribution in [1.82, 2.24) is 4.90 Å². The Bertz CT molecular complexity index is 663. The number of nitrogens with zero attached hydrogens (tertiary/aromatic N) is 2. The van der Waals surface area contributed by atoms with Crippen molar-refractivity contribution in [2.75, 3.05) is 13.7 Å². The van der Waals surface area contributed by atoms with Gasteiger partial charge in [-0.3, -0.25) is 4.90 Å². The highest BCUT2D eigenvalue weighted by Crippen LogP contribution is 2.31. The number of ether oxygens (including phenoxy) is 1. The van der Waals surface area contributed by atoms with Gasteiger partial charge >= 0.3 is 0 Å². The average molecular weight is 292 g/mol. The molecule has 22 heavy (non-hydrogen) atoms. The van der Waals surface area contributed by atoms with Crippen LogP contribution in [-0.2, 0) is 6.54 Å². The molecule has 0 N–H and O–H groups in total. The Morgan fingerprint density at radius 3 is 2.77 bits per heavy atom. The summed E-state index contributed by atoms with van der Waals surface area (Å²) in [5, 5.41) is 9.42. The molecule has 2 aromatic rings. The van der Waals surface area contributed by atoms with E-state index in [9.17, 15) is 5.26 Å². The molecule has 1 fully saturated rings. The molecule has 3 rings (SSSR count). The van der Waals surface area contributed by atoms with Crippen LogP contribution in [0, 0.1) is 11.3 Å². The van der Waals surface area contributed by atoms with Gasteiger partial charge in [0, 0.05) is 19.1 Å². The summed E-state index contributed by atoms with van der Waals surface area (Å²) in [5.41, 5.74) is 2.38. The molecule has 3 unspecified atom stereocenters. The molecule has 1 saturated heterocycles. The Kier molecular flexibility index (Phi) is 4.41. The van der Waals surface area contributed by atoms with Crippen molar-refractivity contribution in [3.63, 3.8) is 0 Å².